The average Bonchev–Trinajstić information content (AvgIpc) is 2.62. The van der Waals surface area contributed by atoms with Crippen molar-refractivity contribution in [1.82, 2.24) is 10.3 Å². The topological polar surface area (TPSA) is 55.4 Å². The van der Waals surface area contributed by atoms with E-state index in [9.17, 15) is 0 Å². The molecule has 1 aromatic carbocycles. The van der Waals surface area contributed by atoms with Crippen molar-refractivity contribution >= 4 is 16.6 Å². The monoisotopic (exact) mass is 315 g/mol. The molecule has 2 N–H and O–H groups in total. The zero-order valence-electron chi connectivity index (χ0n) is 13.9. The van der Waals surface area contributed by atoms with Gasteiger partial charge in [0.15, 0.2) is 0 Å². The zero-order valence-corrected chi connectivity index (χ0v) is 13.9. The van der Waals surface area contributed by atoms with Crippen molar-refractivity contribution in [3.8, 4) is 5.75 Å². The van der Waals surface area contributed by atoms with Crippen molar-refractivity contribution in [2.75, 3.05) is 45.8 Å². The van der Waals surface area contributed by atoms with Crippen LogP contribution in [0.4, 0.5) is 5.82 Å². The lowest BCUT2D eigenvalue weighted by molar-refractivity contribution is 0.210. The summed E-state index contributed by atoms with van der Waals surface area (Å²) in [6.45, 7) is 3.52. The highest BCUT2D eigenvalue weighted by Gasteiger charge is 2.18. The van der Waals surface area contributed by atoms with Gasteiger partial charge in [-0.1, -0.05) is 0 Å². The number of fused-ring (bicyclic) bond motifs is 1. The van der Waals surface area contributed by atoms with Crippen LogP contribution < -0.4 is 15.4 Å². The number of benzene rings is 1. The summed E-state index contributed by atoms with van der Waals surface area (Å²) in [6.07, 6.45) is 2.39. The molecule has 1 unspecified atom stereocenters. The largest absolute Gasteiger partial charge is 0.497 e. The molecular formula is C18H25N3O2. The third-order valence-electron chi connectivity index (χ3n) is 4.37. The number of ether oxygens (including phenoxy) is 2. The van der Waals surface area contributed by atoms with Gasteiger partial charge in [0.1, 0.15) is 11.6 Å². The van der Waals surface area contributed by atoms with Gasteiger partial charge in [0, 0.05) is 37.2 Å². The molecule has 2 heterocycles. The van der Waals surface area contributed by atoms with Gasteiger partial charge in [0.2, 0.25) is 0 Å². The molecule has 3 rings (SSSR count). The molecule has 1 aromatic heterocycles. The minimum atomic E-state index is 0.474. The SMILES string of the molecule is COCCNc1nc(C2CCCNC2)cc2cc(OC)ccc12. The molecule has 1 fully saturated rings. The van der Waals surface area contributed by atoms with E-state index in [2.05, 4.69) is 28.8 Å². The minimum absolute atomic E-state index is 0.474. The third kappa shape index (κ3) is 3.74. The minimum Gasteiger partial charge on any atom is -0.497 e. The Kier molecular flexibility index (Phi) is 5.31. The molecule has 1 saturated heterocycles. The van der Waals surface area contributed by atoms with Gasteiger partial charge in [-0.15, -0.1) is 0 Å². The number of nitrogens with zero attached hydrogens (tertiary/aromatic N) is 1. The van der Waals surface area contributed by atoms with Gasteiger partial charge in [-0.3, -0.25) is 0 Å². The molecule has 0 aliphatic carbocycles. The summed E-state index contributed by atoms with van der Waals surface area (Å²) in [6, 6.07) is 8.34. The van der Waals surface area contributed by atoms with Crippen LogP contribution in [0.3, 0.4) is 0 Å². The lowest BCUT2D eigenvalue weighted by Gasteiger charge is -2.23. The summed E-state index contributed by atoms with van der Waals surface area (Å²) >= 11 is 0. The second-order valence-electron chi connectivity index (χ2n) is 5.95. The first kappa shape index (κ1) is 16.0. The third-order valence-corrected chi connectivity index (χ3v) is 4.37. The first-order valence-corrected chi connectivity index (χ1v) is 8.24. The smallest absolute Gasteiger partial charge is 0.134 e. The fraction of sp³-hybridized carbons (Fsp3) is 0.500. The number of piperidine rings is 1. The first-order chi connectivity index (χ1) is 11.3. The maximum absolute atomic E-state index is 5.37. The summed E-state index contributed by atoms with van der Waals surface area (Å²) in [4.78, 5) is 4.90. The summed E-state index contributed by atoms with van der Waals surface area (Å²) in [7, 11) is 3.41. The molecule has 124 valence electrons. The predicted octanol–water partition coefficient (Wildman–Crippen LogP) is 2.77. The molecule has 5 heteroatoms. The van der Waals surface area contributed by atoms with Gasteiger partial charge in [-0.2, -0.15) is 0 Å². The molecule has 0 saturated carbocycles. The molecule has 1 atom stereocenters. The Hall–Kier alpha value is -1.85. The number of aromatic nitrogens is 1. The van der Waals surface area contributed by atoms with Crippen LogP contribution in [0.15, 0.2) is 24.3 Å². The van der Waals surface area contributed by atoms with Crippen LogP contribution in [0.25, 0.3) is 10.8 Å². The highest BCUT2D eigenvalue weighted by atomic mass is 16.5. The van der Waals surface area contributed by atoms with E-state index in [1.54, 1.807) is 14.2 Å². The van der Waals surface area contributed by atoms with Gasteiger partial charge >= 0.3 is 0 Å². The lowest BCUT2D eigenvalue weighted by atomic mass is 9.94. The molecule has 5 nitrogen and oxygen atoms in total. The van der Waals surface area contributed by atoms with E-state index in [1.165, 1.54) is 18.2 Å². The van der Waals surface area contributed by atoms with E-state index in [4.69, 9.17) is 14.5 Å². The maximum atomic E-state index is 5.37. The van der Waals surface area contributed by atoms with E-state index in [0.717, 1.165) is 42.3 Å². The van der Waals surface area contributed by atoms with Crippen LogP contribution in [0, 0.1) is 0 Å². The average molecular weight is 315 g/mol. The highest BCUT2D eigenvalue weighted by Crippen LogP contribution is 2.31. The van der Waals surface area contributed by atoms with E-state index < -0.39 is 0 Å². The number of hydrogen-bond donors (Lipinski definition) is 2. The second kappa shape index (κ2) is 7.62. The number of pyridine rings is 1. The lowest BCUT2D eigenvalue weighted by Crippen LogP contribution is -2.29. The molecule has 23 heavy (non-hydrogen) atoms. The van der Waals surface area contributed by atoms with Crippen molar-refractivity contribution in [2.24, 2.45) is 0 Å². The van der Waals surface area contributed by atoms with Gasteiger partial charge < -0.3 is 20.1 Å². The van der Waals surface area contributed by atoms with Crippen molar-refractivity contribution < 1.29 is 9.47 Å². The molecule has 0 spiro atoms. The van der Waals surface area contributed by atoms with Crippen LogP contribution >= 0.6 is 0 Å². The van der Waals surface area contributed by atoms with Crippen molar-refractivity contribution in [3.63, 3.8) is 0 Å². The fourth-order valence-electron chi connectivity index (χ4n) is 3.10. The Morgan fingerprint density at radius 3 is 2.96 bits per heavy atom. The van der Waals surface area contributed by atoms with E-state index in [-0.39, 0.29) is 0 Å². The molecular weight excluding hydrogens is 290 g/mol. The summed E-state index contributed by atoms with van der Waals surface area (Å²) in [5.41, 5.74) is 1.15. The predicted molar refractivity (Wildman–Crippen MR) is 93.5 cm³/mol. The number of methoxy groups -OCH3 is 2. The van der Waals surface area contributed by atoms with E-state index in [0.29, 0.717) is 12.5 Å². The fourth-order valence-corrected chi connectivity index (χ4v) is 3.10. The van der Waals surface area contributed by atoms with Crippen LogP contribution in [-0.2, 0) is 4.74 Å². The second-order valence-corrected chi connectivity index (χ2v) is 5.95. The Bertz CT molecular complexity index is 654. The zero-order chi connectivity index (χ0) is 16.1. The first-order valence-electron chi connectivity index (χ1n) is 8.24. The molecule has 1 aliphatic heterocycles. The number of rotatable bonds is 6. The number of hydrogen-bond acceptors (Lipinski definition) is 5. The normalized spacial score (nSPS) is 18.1. The Morgan fingerprint density at radius 2 is 2.22 bits per heavy atom. The van der Waals surface area contributed by atoms with Crippen LogP contribution in [-0.4, -0.2) is 45.4 Å². The molecule has 2 aromatic rings. The van der Waals surface area contributed by atoms with Gasteiger partial charge in [-0.05, 0) is 49.0 Å². The summed E-state index contributed by atoms with van der Waals surface area (Å²) < 4.78 is 10.5. The van der Waals surface area contributed by atoms with Gasteiger partial charge in [-0.25, -0.2) is 4.98 Å². The molecule has 0 radical (unpaired) electrons. The summed E-state index contributed by atoms with van der Waals surface area (Å²) in [5, 5.41) is 9.17. The molecule has 1 aliphatic rings. The van der Waals surface area contributed by atoms with E-state index in [1.807, 2.05) is 6.07 Å². The van der Waals surface area contributed by atoms with Crippen molar-refractivity contribution in [2.45, 2.75) is 18.8 Å². The van der Waals surface area contributed by atoms with Crippen LogP contribution in [0.1, 0.15) is 24.5 Å². The quantitative estimate of drug-likeness (QED) is 0.803. The van der Waals surface area contributed by atoms with Crippen molar-refractivity contribution in [3.05, 3.63) is 30.0 Å². The van der Waals surface area contributed by atoms with Crippen LogP contribution in [0.5, 0.6) is 5.75 Å². The Morgan fingerprint density at radius 1 is 1.30 bits per heavy atom. The molecule has 0 bridgehead atoms. The maximum Gasteiger partial charge on any atom is 0.134 e. The standard InChI is InChI=1S/C18H25N3O2/c1-22-9-8-20-18-16-6-5-15(23-2)10-14(16)11-17(21-18)13-4-3-7-19-12-13/h5-6,10-11,13,19H,3-4,7-9,12H2,1-2H3,(H,20,21). The Labute approximate surface area is 137 Å². The number of nitrogens with one attached hydrogen (secondary N) is 2. The van der Waals surface area contributed by atoms with Crippen LogP contribution in [0.2, 0.25) is 0 Å². The molecule has 0 amide bonds. The summed E-state index contributed by atoms with van der Waals surface area (Å²) in [5.74, 6) is 2.28. The van der Waals surface area contributed by atoms with Gasteiger partial charge in [0.05, 0.1) is 13.7 Å². The van der Waals surface area contributed by atoms with E-state index >= 15 is 0 Å². The van der Waals surface area contributed by atoms with Gasteiger partial charge in [0.25, 0.3) is 0 Å². The highest BCUT2D eigenvalue weighted by molar-refractivity contribution is 5.93. The van der Waals surface area contributed by atoms with Crippen molar-refractivity contribution in [1.29, 1.82) is 0 Å². The Balaban J connectivity index is 1.98. The number of anilines is 1.